The molecule has 1 N–H and O–H groups in total. The topological polar surface area (TPSA) is 81.9 Å². The van der Waals surface area contributed by atoms with E-state index in [9.17, 15) is 9.59 Å². The van der Waals surface area contributed by atoms with Crippen molar-refractivity contribution in [3.8, 4) is 6.07 Å². The molecule has 0 spiro atoms. The Morgan fingerprint density at radius 2 is 2.11 bits per heavy atom. The number of rotatable bonds is 6. The highest BCUT2D eigenvalue weighted by Gasteiger charge is 2.06. The van der Waals surface area contributed by atoms with Gasteiger partial charge in [-0.2, -0.15) is 5.26 Å². The minimum atomic E-state index is -0.625. The van der Waals surface area contributed by atoms with E-state index < -0.39 is 11.2 Å². The summed E-state index contributed by atoms with van der Waals surface area (Å²) in [4.78, 5) is 27.1. The zero-order valence-corrected chi connectivity index (χ0v) is 10.8. The second kappa shape index (κ2) is 6.77. The van der Waals surface area contributed by atoms with Crippen LogP contribution in [-0.2, 0) is 6.54 Å². The number of nitrogens with zero attached hydrogens (tertiary/aromatic N) is 3. The molecule has 0 aliphatic heterocycles. The third-order valence-corrected chi connectivity index (χ3v) is 2.78. The average molecular weight is 250 g/mol. The zero-order chi connectivity index (χ0) is 13.5. The fourth-order valence-corrected chi connectivity index (χ4v) is 1.75. The van der Waals surface area contributed by atoms with Crippen LogP contribution in [0.1, 0.15) is 25.8 Å². The van der Waals surface area contributed by atoms with Gasteiger partial charge in [-0.05, 0) is 19.5 Å². The van der Waals surface area contributed by atoms with E-state index in [1.807, 2.05) is 0 Å². The second-order valence-electron chi connectivity index (χ2n) is 4.04. The molecule has 0 fully saturated rings. The molecule has 0 radical (unpaired) electrons. The van der Waals surface area contributed by atoms with Crippen LogP contribution in [0.25, 0.3) is 0 Å². The SMILES string of the molecule is CCCN(CC)CCn1cc(C#N)c(=O)[nH]c1=O. The van der Waals surface area contributed by atoms with E-state index in [0.29, 0.717) is 6.54 Å². The number of nitrogens with one attached hydrogen (secondary N) is 1. The third-order valence-electron chi connectivity index (χ3n) is 2.78. The number of H-pyrrole nitrogens is 1. The molecule has 0 atom stereocenters. The zero-order valence-electron chi connectivity index (χ0n) is 10.8. The normalized spacial score (nSPS) is 10.6. The van der Waals surface area contributed by atoms with Gasteiger partial charge < -0.3 is 4.90 Å². The maximum Gasteiger partial charge on any atom is 0.328 e. The lowest BCUT2D eigenvalue weighted by Crippen LogP contribution is -2.35. The van der Waals surface area contributed by atoms with Crippen LogP contribution in [0.3, 0.4) is 0 Å². The lowest BCUT2D eigenvalue weighted by atomic mass is 10.3. The molecule has 18 heavy (non-hydrogen) atoms. The van der Waals surface area contributed by atoms with E-state index in [0.717, 1.165) is 26.1 Å². The molecular formula is C12H18N4O2. The molecule has 6 nitrogen and oxygen atoms in total. The van der Waals surface area contributed by atoms with Crippen molar-refractivity contribution in [2.75, 3.05) is 19.6 Å². The quantitative estimate of drug-likeness (QED) is 0.778. The molecule has 0 saturated carbocycles. The van der Waals surface area contributed by atoms with Gasteiger partial charge in [-0.3, -0.25) is 14.3 Å². The molecule has 6 heteroatoms. The van der Waals surface area contributed by atoms with Gasteiger partial charge >= 0.3 is 5.69 Å². The Morgan fingerprint density at radius 3 is 2.67 bits per heavy atom. The first-order chi connectivity index (χ1) is 8.62. The number of hydrogen-bond donors (Lipinski definition) is 1. The fourth-order valence-electron chi connectivity index (χ4n) is 1.75. The summed E-state index contributed by atoms with van der Waals surface area (Å²) in [6, 6.07) is 1.77. The minimum absolute atomic E-state index is 0.0341. The molecular weight excluding hydrogens is 232 g/mol. The summed E-state index contributed by atoms with van der Waals surface area (Å²) in [5.41, 5.74) is -1.13. The summed E-state index contributed by atoms with van der Waals surface area (Å²) < 4.78 is 1.37. The van der Waals surface area contributed by atoms with Crippen molar-refractivity contribution < 1.29 is 0 Å². The predicted octanol–water partition coefficient (Wildman–Crippen LogP) is 0.140. The predicted molar refractivity (Wildman–Crippen MR) is 68.4 cm³/mol. The Balaban J connectivity index is 2.82. The van der Waals surface area contributed by atoms with Gasteiger partial charge in [0, 0.05) is 19.3 Å². The van der Waals surface area contributed by atoms with Crippen LogP contribution in [0.5, 0.6) is 0 Å². The summed E-state index contributed by atoms with van der Waals surface area (Å²) in [7, 11) is 0. The largest absolute Gasteiger partial charge is 0.328 e. The molecule has 1 aromatic rings. The van der Waals surface area contributed by atoms with Crippen molar-refractivity contribution in [3.63, 3.8) is 0 Å². The minimum Gasteiger partial charge on any atom is -0.302 e. The third kappa shape index (κ3) is 3.57. The Bertz CT molecular complexity index is 538. The standard InChI is InChI=1S/C12H18N4O2/c1-3-5-15(4-2)6-7-16-9-10(8-13)11(17)14-12(16)18/h9H,3-7H2,1-2H3,(H,14,17,18). The molecule has 0 bridgehead atoms. The van der Waals surface area contributed by atoms with Gasteiger partial charge in [0.25, 0.3) is 5.56 Å². The van der Waals surface area contributed by atoms with E-state index >= 15 is 0 Å². The van der Waals surface area contributed by atoms with Gasteiger partial charge in [0.15, 0.2) is 0 Å². The van der Waals surface area contributed by atoms with Crippen molar-refractivity contribution in [1.82, 2.24) is 14.5 Å². The summed E-state index contributed by atoms with van der Waals surface area (Å²) in [5, 5.41) is 8.75. The van der Waals surface area contributed by atoms with E-state index in [-0.39, 0.29) is 5.56 Å². The Morgan fingerprint density at radius 1 is 1.39 bits per heavy atom. The van der Waals surface area contributed by atoms with E-state index in [4.69, 9.17) is 5.26 Å². The van der Waals surface area contributed by atoms with Crippen LogP contribution in [0, 0.1) is 11.3 Å². The van der Waals surface area contributed by atoms with Crippen LogP contribution in [-0.4, -0.2) is 34.1 Å². The van der Waals surface area contributed by atoms with E-state index in [2.05, 4.69) is 23.7 Å². The first-order valence-corrected chi connectivity index (χ1v) is 6.08. The number of aromatic nitrogens is 2. The first kappa shape index (κ1) is 14.2. The molecule has 0 aliphatic rings. The molecule has 98 valence electrons. The number of likely N-dealkylation sites (N-methyl/N-ethyl adjacent to an activating group) is 1. The second-order valence-corrected chi connectivity index (χ2v) is 4.04. The van der Waals surface area contributed by atoms with Crippen LogP contribution < -0.4 is 11.2 Å². The van der Waals surface area contributed by atoms with Crippen molar-refractivity contribution in [2.24, 2.45) is 0 Å². The summed E-state index contributed by atoms with van der Waals surface area (Å²) in [5.74, 6) is 0. The molecule has 0 unspecified atom stereocenters. The smallest absolute Gasteiger partial charge is 0.302 e. The van der Waals surface area contributed by atoms with Crippen molar-refractivity contribution >= 4 is 0 Å². The van der Waals surface area contributed by atoms with E-state index in [1.165, 1.54) is 10.8 Å². The number of aromatic amines is 1. The van der Waals surface area contributed by atoms with Crippen LogP contribution in [0.2, 0.25) is 0 Å². The lowest BCUT2D eigenvalue weighted by Gasteiger charge is -2.19. The van der Waals surface area contributed by atoms with Gasteiger partial charge in [0.05, 0.1) is 0 Å². The molecule has 0 saturated heterocycles. The maximum absolute atomic E-state index is 11.5. The summed E-state index contributed by atoms with van der Waals surface area (Å²) >= 11 is 0. The fraction of sp³-hybridized carbons (Fsp3) is 0.583. The van der Waals surface area contributed by atoms with Gasteiger partial charge in [0.1, 0.15) is 11.6 Å². The van der Waals surface area contributed by atoms with Gasteiger partial charge in [-0.25, -0.2) is 4.79 Å². The van der Waals surface area contributed by atoms with Crippen LogP contribution in [0.4, 0.5) is 0 Å². The van der Waals surface area contributed by atoms with Crippen LogP contribution in [0.15, 0.2) is 15.8 Å². The van der Waals surface area contributed by atoms with Gasteiger partial charge in [0.2, 0.25) is 0 Å². The average Bonchev–Trinajstić information content (AvgIpc) is 2.36. The Hall–Kier alpha value is -1.87. The molecule has 0 aromatic carbocycles. The molecule has 0 aliphatic carbocycles. The molecule has 0 amide bonds. The van der Waals surface area contributed by atoms with Crippen molar-refractivity contribution in [1.29, 1.82) is 5.26 Å². The Kier molecular flexibility index (Phi) is 5.33. The van der Waals surface area contributed by atoms with Crippen molar-refractivity contribution in [3.05, 3.63) is 32.6 Å². The van der Waals surface area contributed by atoms with Gasteiger partial charge in [-0.1, -0.05) is 13.8 Å². The van der Waals surface area contributed by atoms with E-state index in [1.54, 1.807) is 6.07 Å². The number of hydrogen-bond acceptors (Lipinski definition) is 4. The van der Waals surface area contributed by atoms with Crippen LogP contribution >= 0.6 is 0 Å². The summed E-state index contributed by atoms with van der Waals surface area (Å²) in [6.07, 6.45) is 2.37. The highest BCUT2D eigenvalue weighted by Crippen LogP contribution is 1.92. The molecule has 1 aromatic heterocycles. The number of nitriles is 1. The summed E-state index contributed by atoms with van der Waals surface area (Å²) in [6.45, 7) is 7.24. The highest BCUT2D eigenvalue weighted by molar-refractivity contribution is 5.21. The molecule has 1 heterocycles. The molecule has 1 rings (SSSR count). The highest BCUT2D eigenvalue weighted by atomic mass is 16.2. The van der Waals surface area contributed by atoms with Crippen molar-refractivity contribution in [2.45, 2.75) is 26.8 Å². The van der Waals surface area contributed by atoms with Gasteiger partial charge in [-0.15, -0.1) is 0 Å². The maximum atomic E-state index is 11.5. The lowest BCUT2D eigenvalue weighted by molar-refractivity contribution is 0.274. The monoisotopic (exact) mass is 250 g/mol. The Labute approximate surface area is 105 Å². The first-order valence-electron chi connectivity index (χ1n) is 6.08.